The van der Waals surface area contributed by atoms with Gasteiger partial charge in [-0.25, -0.2) is 14.2 Å². The number of carboxylic acids is 1. The summed E-state index contributed by atoms with van der Waals surface area (Å²) < 4.78 is 18.4. The molecule has 0 radical (unpaired) electrons. The van der Waals surface area contributed by atoms with Gasteiger partial charge in [0.1, 0.15) is 22.3 Å². The molecule has 0 saturated carbocycles. The fourth-order valence-corrected chi connectivity index (χ4v) is 1.63. The van der Waals surface area contributed by atoms with Gasteiger partial charge in [-0.15, -0.1) is 0 Å². The van der Waals surface area contributed by atoms with Crippen LogP contribution in [-0.4, -0.2) is 16.1 Å². The molecule has 0 aliphatic heterocycles. The fourth-order valence-electron chi connectivity index (χ4n) is 1.49. The number of carbonyl (C=O) groups is 1. The Balaban J connectivity index is 2.42. The molecule has 1 N–H and O–H groups in total. The molecular weight excluding hydrogens is 273 g/mol. The van der Waals surface area contributed by atoms with Crippen LogP contribution in [0.1, 0.15) is 15.9 Å². The van der Waals surface area contributed by atoms with E-state index in [-0.39, 0.29) is 16.6 Å². The van der Waals surface area contributed by atoms with Crippen LogP contribution in [0.2, 0.25) is 5.15 Å². The van der Waals surface area contributed by atoms with Gasteiger partial charge in [-0.05, 0) is 42.8 Å². The van der Waals surface area contributed by atoms with Crippen molar-refractivity contribution >= 4 is 17.6 Å². The average Bonchev–Trinajstić information content (AvgIpc) is 2.32. The van der Waals surface area contributed by atoms with Crippen LogP contribution < -0.4 is 4.74 Å². The van der Waals surface area contributed by atoms with Crippen molar-refractivity contribution in [1.82, 2.24) is 4.98 Å². The number of halogens is 2. The molecule has 1 aromatic heterocycles. The lowest BCUT2D eigenvalue weighted by molar-refractivity contribution is 0.0693. The number of carboxylic acid groups (broad SMARTS) is 1. The Morgan fingerprint density at radius 1 is 1.37 bits per heavy atom. The average molecular weight is 282 g/mol. The summed E-state index contributed by atoms with van der Waals surface area (Å²) in [6.45, 7) is 1.64. The number of hydrogen-bond acceptors (Lipinski definition) is 3. The summed E-state index contributed by atoms with van der Waals surface area (Å²) in [6.07, 6.45) is 0. The van der Waals surface area contributed by atoms with E-state index in [1.54, 1.807) is 6.92 Å². The van der Waals surface area contributed by atoms with Crippen molar-refractivity contribution in [3.63, 3.8) is 0 Å². The molecule has 0 amide bonds. The van der Waals surface area contributed by atoms with Gasteiger partial charge in [0.2, 0.25) is 5.88 Å². The van der Waals surface area contributed by atoms with E-state index < -0.39 is 11.8 Å². The summed E-state index contributed by atoms with van der Waals surface area (Å²) in [5.41, 5.74) is 0.409. The molecule has 1 aromatic carbocycles. The number of rotatable bonds is 3. The third-order valence-electron chi connectivity index (χ3n) is 2.40. The van der Waals surface area contributed by atoms with Crippen LogP contribution in [0, 0.1) is 12.7 Å². The zero-order valence-corrected chi connectivity index (χ0v) is 10.6. The highest BCUT2D eigenvalue weighted by molar-refractivity contribution is 6.29. The van der Waals surface area contributed by atoms with Crippen LogP contribution in [-0.2, 0) is 0 Å². The van der Waals surface area contributed by atoms with E-state index in [0.29, 0.717) is 11.3 Å². The minimum Gasteiger partial charge on any atom is -0.477 e. The second-order valence-electron chi connectivity index (χ2n) is 3.80. The summed E-state index contributed by atoms with van der Waals surface area (Å²) in [4.78, 5) is 14.9. The number of hydrogen-bond donors (Lipinski definition) is 1. The highest BCUT2D eigenvalue weighted by atomic mass is 35.5. The minimum absolute atomic E-state index is 0.111. The largest absolute Gasteiger partial charge is 0.477 e. The lowest BCUT2D eigenvalue weighted by Gasteiger charge is -2.10. The van der Waals surface area contributed by atoms with E-state index >= 15 is 0 Å². The van der Waals surface area contributed by atoms with Crippen molar-refractivity contribution < 1.29 is 19.0 Å². The first-order valence-electron chi connectivity index (χ1n) is 5.31. The number of nitrogens with zero attached hydrogens (tertiary/aromatic N) is 1. The van der Waals surface area contributed by atoms with Crippen molar-refractivity contribution in [2.75, 3.05) is 0 Å². The predicted octanol–water partition coefficient (Wildman–Crippen LogP) is 3.67. The van der Waals surface area contributed by atoms with Crippen LogP contribution in [0.25, 0.3) is 0 Å². The predicted molar refractivity (Wildman–Crippen MR) is 67.4 cm³/mol. The smallest absolute Gasteiger partial charge is 0.341 e. The molecule has 0 aliphatic carbocycles. The molecule has 0 bridgehead atoms. The first-order valence-corrected chi connectivity index (χ1v) is 5.69. The molecule has 0 fully saturated rings. The molecule has 6 heteroatoms. The molecule has 2 rings (SSSR count). The Morgan fingerprint density at radius 2 is 2.11 bits per heavy atom. The number of aryl methyl sites for hydroxylation is 1. The van der Waals surface area contributed by atoms with Gasteiger partial charge < -0.3 is 9.84 Å². The monoisotopic (exact) mass is 281 g/mol. The molecule has 0 aliphatic rings. The number of ether oxygens (including phenoxy) is 1. The molecular formula is C13H9ClFNO3. The van der Waals surface area contributed by atoms with Crippen LogP contribution in [0.15, 0.2) is 30.3 Å². The molecule has 0 unspecified atom stereocenters. The summed E-state index contributed by atoms with van der Waals surface area (Å²) in [5.74, 6) is -1.39. The van der Waals surface area contributed by atoms with Gasteiger partial charge in [-0.2, -0.15) is 0 Å². The topological polar surface area (TPSA) is 59.4 Å². The Kier molecular flexibility index (Phi) is 3.66. The van der Waals surface area contributed by atoms with Crippen molar-refractivity contribution in [2.45, 2.75) is 6.92 Å². The lowest BCUT2D eigenvalue weighted by atomic mass is 10.2. The van der Waals surface area contributed by atoms with E-state index in [1.807, 2.05) is 0 Å². The molecule has 98 valence electrons. The van der Waals surface area contributed by atoms with Gasteiger partial charge in [-0.1, -0.05) is 11.6 Å². The quantitative estimate of drug-likeness (QED) is 0.872. The molecule has 0 saturated heterocycles. The van der Waals surface area contributed by atoms with E-state index in [4.69, 9.17) is 21.4 Å². The summed E-state index contributed by atoms with van der Waals surface area (Å²) in [5, 5.41) is 9.14. The van der Waals surface area contributed by atoms with Crippen molar-refractivity contribution in [2.24, 2.45) is 0 Å². The van der Waals surface area contributed by atoms with Crippen LogP contribution in [0.4, 0.5) is 4.39 Å². The maximum absolute atomic E-state index is 13.0. The Labute approximate surface area is 113 Å². The molecule has 19 heavy (non-hydrogen) atoms. The summed E-state index contributed by atoms with van der Waals surface area (Å²) >= 11 is 5.71. The number of aromatic nitrogens is 1. The van der Waals surface area contributed by atoms with E-state index in [0.717, 1.165) is 0 Å². The number of aromatic carboxylic acids is 1. The van der Waals surface area contributed by atoms with Crippen LogP contribution in [0.3, 0.4) is 0 Å². The van der Waals surface area contributed by atoms with E-state index in [1.165, 1.54) is 30.3 Å². The fraction of sp³-hybridized carbons (Fsp3) is 0.0769. The van der Waals surface area contributed by atoms with Crippen LogP contribution >= 0.6 is 11.6 Å². The molecule has 0 spiro atoms. The van der Waals surface area contributed by atoms with Gasteiger partial charge in [-0.3, -0.25) is 0 Å². The van der Waals surface area contributed by atoms with Crippen molar-refractivity contribution in [3.8, 4) is 11.6 Å². The summed E-state index contributed by atoms with van der Waals surface area (Å²) in [6, 6.07) is 6.55. The van der Waals surface area contributed by atoms with Crippen molar-refractivity contribution in [3.05, 3.63) is 52.4 Å². The molecule has 2 aromatic rings. The van der Waals surface area contributed by atoms with Gasteiger partial charge >= 0.3 is 5.97 Å². The molecule has 4 nitrogen and oxygen atoms in total. The second kappa shape index (κ2) is 5.24. The Bertz CT molecular complexity index is 646. The van der Waals surface area contributed by atoms with E-state index in [9.17, 15) is 9.18 Å². The maximum atomic E-state index is 13.0. The number of benzene rings is 1. The SMILES string of the molecule is Cc1cc(F)ccc1Oc1nc(Cl)ccc1C(=O)O. The van der Waals surface area contributed by atoms with Crippen LogP contribution in [0.5, 0.6) is 11.6 Å². The third kappa shape index (κ3) is 3.00. The maximum Gasteiger partial charge on any atom is 0.341 e. The second-order valence-corrected chi connectivity index (χ2v) is 4.19. The number of pyridine rings is 1. The standard InChI is InChI=1S/C13H9ClFNO3/c1-7-6-8(15)2-4-10(7)19-12-9(13(17)18)3-5-11(14)16-12/h2-6H,1H3,(H,17,18). The highest BCUT2D eigenvalue weighted by Gasteiger charge is 2.15. The molecule has 1 heterocycles. The first-order chi connectivity index (χ1) is 8.97. The normalized spacial score (nSPS) is 10.3. The van der Waals surface area contributed by atoms with E-state index in [2.05, 4.69) is 4.98 Å². The Hall–Kier alpha value is -2.14. The van der Waals surface area contributed by atoms with Gasteiger partial charge in [0.05, 0.1) is 0 Å². The Morgan fingerprint density at radius 3 is 2.74 bits per heavy atom. The third-order valence-corrected chi connectivity index (χ3v) is 2.61. The zero-order valence-electron chi connectivity index (χ0n) is 9.85. The van der Waals surface area contributed by atoms with Gasteiger partial charge in [0, 0.05) is 0 Å². The van der Waals surface area contributed by atoms with Gasteiger partial charge in [0.25, 0.3) is 0 Å². The minimum atomic E-state index is -1.18. The lowest BCUT2D eigenvalue weighted by Crippen LogP contribution is -2.02. The molecule has 0 atom stereocenters. The zero-order chi connectivity index (χ0) is 14.0. The summed E-state index contributed by atoms with van der Waals surface area (Å²) in [7, 11) is 0. The first kappa shape index (κ1) is 13.3. The van der Waals surface area contributed by atoms with Crippen molar-refractivity contribution in [1.29, 1.82) is 0 Å². The van der Waals surface area contributed by atoms with Gasteiger partial charge in [0.15, 0.2) is 0 Å². The highest BCUT2D eigenvalue weighted by Crippen LogP contribution is 2.28.